The lowest BCUT2D eigenvalue weighted by Crippen LogP contribution is -2.24. The largest absolute Gasteiger partial charge is 0.504 e. The molecule has 0 atom stereocenters. The first-order valence-corrected chi connectivity index (χ1v) is 6.83. The number of amides is 1. The van der Waals surface area contributed by atoms with Crippen LogP contribution in [0.1, 0.15) is 36.8 Å². The van der Waals surface area contributed by atoms with Crippen LogP contribution in [0.5, 0.6) is 5.75 Å². The van der Waals surface area contributed by atoms with E-state index in [1.807, 2.05) is 13.8 Å². The summed E-state index contributed by atoms with van der Waals surface area (Å²) in [4.78, 5) is 19.2. The summed E-state index contributed by atoms with van der Waals surface area (Å²) in [5.74, 6) is -0.936. The zero-order valence-corrected chi connectivity index (χ0v) is 12.6. The van der Waals surface area contributed by atoms with E-state index in [4.69, 9.17) is 4.55 Å². The lowest BCUT2D eigenvalue weighted by Gasteiger charge is -2.11. The van der Waals surface area contributed by atoms with Crippen LogP contribution in [0, 0.1) is 0 Å². The third-order valence-electron chi connectivity index (χ3n) is 2.15. The van der Waals surface area contributed by atoms with Gasteiger partial charge in [0.1, 0.15) is 10.7 Å². The number of aliphatic imine (C=N–C) groups is 1. The van der Waals surface area contributed by atoms with Crippen molar-refractivity contribution in [3.05, 3.63) is 17.8 Å². The molecule has 7 heteroatoms. The molecular formula is C13H19N3O3S. The van der Waals surface area contributed by atoms with Crippen LogP contribution in [0.25, 0.3) is 6.08 Å². The van der Waals surface area contributed by atoms with E-state index < -0.39 is 5.91 Å². The van der Waals surface area contributed by atoms with E-state index in [1.165, 1.54) is 6.08 Å². The molecule has 1 rings (SSSR count). The number of hydrogen-bond acceptors (Lipinski definition) is 6. The molecule has 0 fully saturated rings. The Kier molecular flexibility index (Phi) is 8.26. The fourth-order valence-corrected chi connectivity index (χ4v) is 1.78. The first kappa shape index (κ1) is 18.1. The van der Waals surface area contributed by atoms with Gasteiger partial charge in [-0.05, 0) is 13.6 Å². The molecule has 0 bridgehead atoms. The van der Waals surface area contributed by atoms with Gasteiger partial charge in [-0.25, -0.2) is 4.98 Å². The third-order valence-corrected chi connectivity index (χ3v) is 2.63. The highest BCUT2D eigenvalue weighted by atomic mass is 32.2. The van der Waals surface area contributed by atoms with Gasteiger partial charge in [-0.1, -0.05) is 26.5 Å². The van der Waals surface area contributed by atoms with E-state index in [0.29, 0.717) is 24.2 Å². The van der Waals surface area contributed by atoms with Gasteiger partial charge in [0.25, 0.3) is 5.91 Å². The molecule has 0 aliphatic rings. The van der Waals surface area contributed by atoms with Gasteiger partial charge in [-0.3, -0.25) is 9.79 Å². The quantitative estimate of drug-likeness (QED) is 0.573. The summed E-state index contributed by atoms with van der Waals surface area (Å²) < 4.78 is 9.13. The molecule has 0 aliphatic carbocycles. The summed E-state index contributed by atoms with van der Waals surface area (Å²) in [6, 6.07) is 0. The van der Waals surface area contributed by atoms with Gasteiger partial charge >= 0.3 is 0 Å². The van der Waals surface area contributed by atoms with Gasteiger partial charge in [0.15, 0.2) is 11.4 Å². The molecule has 1 aromatic rings. The van der Waals surface area contributed by atoms with Gasteiger partial charge in [-0.15, -0.1) is 0 Å². The minimum absolute atomic E-state index is 0.0674. The van der Waals surface area contributed by atoms with Crippen LogP contribution in [0.3, 0.4) is 0 Å². The zero-order chi connectivity index (χ0) is 15.7. The Morgan fingerprint density at radius 2 is 2.15 bits per heavy atom. The monoisotopic (exact) mass is 297 g/mol. The van der Waals surface area contributed by atoms with Gasteiger partial charge in [-0.2, -0.15) is 0 Å². The molecule has 6 nitrogen and oxygen atoms in total. The van der Waals surface area contributed by atoms with Gasteiger partial charge in [0.2, 0.25) is 0 Å². The molecule has 0 aromatic carbocycles. The molecule has 3 N–H and O–H groups in total. The first-order chi connectivity index (χ1) is 9.60. The van der Waals surface area contributed by atoms with Crippen LogP contribution in [-0.2, 0) is 0 Å². The minimum atomic E-state index is -0.550. The van der Waals surface area contributed by atoms with E-state index in [1.54, 1.807) is 6.92 Å². The lowest BCUT2D eigenvalue weighted by atomic mass is 10.1. The number of aromatic hydroxyl groups is 1. The highest BCUT2D eigenvalue weighted by Crippen LogP contribution is 2.38. The van der Waals surface area contributed by atoms with E-state index >= 15 is 0 Å². The SMILES string of the molecule is C=Cc1c(SO)nc(C(=O)NCC)c(O)c1N=C.CC. The predicted octanol–water partition coefficient (Wildman–Crippen LogP) is 3.10. The Balaban J connectivity index is 0.00000172. The predicted molar refractivity (Wildman–Crippen MR) is 83.0 cm³/mol. The van der Waals surface area contributed by atoms with Crippen LogP contribution in [0.15, 0.2) is 16.6 Å². The molecule has 0 spiro atoms. The minimum Gasteiger partial charge on any atom is -0.504 e. The summed E-state index contributed by atoms with van der Waals surface area (Å²) in [5.41, 5.74) is 0.183. The number of nitrogens with zero attached hydrogens (tertiary/aromatic N) is 2. The second-order valence-corrected chi connectivity index (χ2v) is 3.76. The number of carbonyl (C=O) groups is 1. The summed E-state index contributed by atoms with van der Waals surface area (Å²) in [7, 11) is 0. The Labute approximate surface area is 122 Å². The van der Waals surface area contributed by atoms with Crippen LogP contribution < -0.4 is 5.32 Å². The van der Waals surface area contributed by atoms with Crippen molar-refractivity contribution in [2.75, 3.05) is 6.54 Å². The van der Waals surface area contributed by atoms with Crippen molar-refractivity contribution in [3.63, 3.8) is 0 Å². The fourth-order valence-electron chi connectivity index (χ4n) is 1.37. The van der Waals surface area contributed by atoms with Crippen LogP contribution in [-0.4, -0.2) is 33.8 Å². The number of nitrogens with one attached hydrogen (secondary N) is 1. The van der Waals surface area contributed by atoms with E-state index in [0.717, 1.165) is 0 Å². The Bertz CT molecular complexity index is 504. The number of pyridine rings is 1. The topological polar surface area (TPSA) is 94.8 Å². The summed E-state index contributed by atoms with van der Waals surface area (Å²) in [5, 5.41) is 12.6. The van der Waals surface area contributed by atoms with Crippen molar-refractivity contribution in [1.82, 2.24) is 10.3 Å². The van der Waals surface area contributed by atoms with Crippen molar-refractivity contribution >= 4 is 36.4 Å². The molecule has 0 aliphatic heterocycles. The van der Waals surface area contributed by atoms with E-state index in [-0.39, 0.29) is 22.2 Å². The van der Waals surface area contributed by atoms with Crippen LogP contribution in [0.4, 0.5) is 5.69 Å². The number of hydrogen-bond donors (Lipinski definition) is 3. The smallest absolute Gasteiger partial charge is 0.273 e. The van der Waals surface area contributed by atoms with Crippen LogP contribution in [0.2, 0.25) is 0 Å². The number of aromatic nitrogens is 1. The maximum Gasteiger partial charge on any atom is 0.273 e. The molecule has 0 saturated heterocycles. The second kappa shape index (κ2) is 9.11. The lowest BCUT2D eigenvalue weighted by molar-refractivity contribution is 0.0947. The molecule has 0 unspecified atom stereocenters. The normalized spacial score (nSPS) is 9.20. The average Bonchev–Trinajstić information content (AvgIpc) is 2.48. The number of rotatable bonds is 5. The molecule has 1 heterocycles. The zero-order valence-electron chi connectivity index (χ0n) is 11.8. The highest BCUT2D eigenvalue weighted by Gasteiger charge is 2.21. The molecule has 1 amide bonds. The van der Waals surface area contributed by atoms with Gasteiger partial charge in [0.05, 0.1) is 0 Å². The van der Waals surface area contributed by atoms with Crippen molar-refractivity contribution in [3.8, 4) is 5.75 Å². The van der Waals surface area contributed by atoms with Crippen LogP contribution >= 0.6 is 12.0 Å². The number of carbonyl (C=O) groups excluding carboxylic acids is 1. The summed E-state index contributed by atoms with van der Waals surface area (Å²) in [6.07, 6.45) is 1.37. The molecule has 110 valence electrons. The second-order valence-electron chi connectivity index (χ2n) is 3.19. The van der Waals surface area contributed by atoms with Crippen molar-refractivity contribution in [1.29, 1.82) is 0 Å². The first-order valence-electron chi connectivity index (χ1n) is 6.06. The van der Waals surface area contributed by atoms with Crippen molar-refractivity contribution < 1.29 is 14.5 Å². The van der Waals surface area contributed by atoms with E-state index in [9.17, 15) is 9.90 Å². The van der Waals surface area contributed by atoms with Gasteiger partial charge < -0.3 is 15.0 Å². The molecule has 0 saturated carbocycles. The highest BCUT2D eigenvalue weighted by molar-refractivity contribution is 7.93. The Hall–Kier alpha value is -1.86. The standard InChI is InChI=1S/C11H13N3O3S.C2H6/c1-4-6-7(12-3)9(15)8(10(16)13-5-2)14-11(6)18-17;1-2/h4,15,17H,1,3,5H2,2H3,(H,13,16);1-2H3. The van der Waals surface area contributed by atoms with Gasteiger partial charge in [0, 0.05) is 24.2 Å². The molecule has 0 radical (unpaired) electrons. The summed E-state index contributed by atoms with van der Waals surface area (Å²) >= 11 is 0.347. The van der Waals surface area contributed by atoms with E-state index in [2.05, 4.69) is 28.6 Å². The Morgan fingerprint density at radius 3 is 2.55 bits per heavy atom. The average molecular weight is 297 g/mol. The van der Waals surface area contributed by atoms with Crippen molar-refractivity contribution in [2.45, 2.75) is 25.8 Å². The molecule has 1 aromatic heterocycles. The molecule has 20 heavy (non-hydrogen) atoms. The Morgan fingerprint density at radius 1 is 1.55 bits per heavy atom. The maximum atomic E-state index is 11.7. The third kappa shape index (κ3) is 3.82. The fraction of sp³-hybridized carbons (Fsp3) is 0.308. The maximum absolute atomic E-state index is 11.7. The van der Waals surface area contributed by atoms with Crippen molar-refractivity contribution in [2.24, 2.45) is 4.99 Å². The summed E-state index contributed by atoms with van der Waals surface area (Å²) in [6.45, 7) is 13.0. The molecular weight excluding hydrogens is 278 g/mol.